The van der Waals surface area contributed by atoms with Crippen molar-refractivity contribution in [2.24, 2.45) is 0 Å². The van der Waals surface area contributed by atoms with Gasteiger partial charge in [0.15, 0.2) is 10.4 Å². The number of aryl methyl sites for hydroxylation is 1. The molecule has 0 radical (unpaired) electrons. The van der Waals surface area contributed by atoms with Crippen LogP contribution in [0.5, 0.6) is 0 Å². The molecular weight excluding hydrogens is 410 g/mol. The maximum Gasteiger partial charge on any atom is 0.287 e. The second-order valence-electron chi connectivity index (χ2n) is 7.25. The number of carbonyl (C=O) groups excluding carboxylic acids is 1. The fraction of sp³-hybridized carbons (Fsp3) is 0.526. The van der Waals surface area contributed by atoms with Crippen LogP contribution in [0.1, 0.15) is 47.5 Å². The maximum atomic E-state index is 12.2. The van der Waals surface area contributed by atoms with Gasteiger partial charge in [-0.3, -0.25) is 4.79 Å². The largest absolute Gasteiger partial charge is 0.444 e. The number of hydrogen-bond donors (Lipinski definition) is 2. The Hall–Kier alpha value is -2.09. The molecule has 2 aromatic rings. The quantitative estimate of drug-likeness (QED) is 0.745. The first-order valence-electron chi connectivity index (χ1n) is 9.18. The lowest BCUT2D eigenvalue weighted by Gasteiger charge is -2.29. The monoisotopic (exact) mass is 435 g/mol. The molecule has 1 aliphatic rings. The fourth-order valence-electron chi connectivity index (χ4n) is 3.37. The minimum absolute atomic E-state index is 0.162. The van der Waals surface area contributed by atoms with Crippen molar-refractivity contribution in [3.8, 4) is 0 Å². The molecule has 0 unspecified atom stereocenters. The molecule has 146 valence electrons. The van der Waals surface area contributed by atoms with Crippen LogP contribution in [0.25, 0.3) is 0 Å². The SMILES string of the molecule is Cc1nc(N[C@H]2CC[C@@H](NC(=O)c3ccc(Br)o3)CC2)nc(N(C)C)c1C. The summed E-state index contributed by atoms with van der Waals surface area (Å²) in [4.78, 5) is 23.4. The number of furan rings is 1. The molecule has 27 heavy (non-hydrogen) atoms. The summed E-state index contributed by atoms with van der Waals surface area (Å²) in [6.07, 6.45) is 3.74. The minimum atomic E-state index is -0.162. The van der Waals surface area contributed by atoms with E-state index in [1.165, 1.54) is 0 Å². The molecule has 1 amide bonds. The van der Waals surface area contributed by atoms with Crippen LogP contribution >= 0.6 is 15.9 Å². The van der Waals surface area contributed by atoms with E-state index in [1.54, 1.807) is 12.1 Å². The highest BCUT2D eigenvalue weighted by Crippen LogP contribution is 2.24. The third-order valence-electron chi connectivity index (χ3n) is 4.98. The first-order chi connectivity index (χ1) is 12.8. The summed E-state index contributed by atoms with van der Waals surface area (Å²) < 4.78 is 5.87. The maximum absolute atomic E-state index is 12.2. The van der Waals surface area contributed by atoms with Crippen molar-refractivity contribution in [1.82, 2.24) is 15.3 Å². The molecule has 1 aliphatic carbocycles. The Morgan fingerprint density at radius 3 is 2.41 bits per heavy atom. The van der Waals surface area contributed by atoms with Gasteiger partial charge in [0.2, 0.25) is 5.95 Å². The summed E-state index contributed by atoms with van der Waals surface area (Å²) >= 11 is 3.22. The van der Waals surface area contributed by atoms with Gasteiger partial charge in [-0.05, 0) is 67.6 Å². The predicted octanol–water partition coefficient (Wildman–Crippen LogP) is 3.67. The number of rotatable bonds is 5. The molecule has 0 atom stereocenters. The molecule has 2 N–H and O–H groups in total. The summed E-state index contributed by atoms with van der Waals surface area (Å²) in [5.74, 6) is 1.79. The van der Waals surface area contributed by atoms with E-state index in [0.717, 1.165) is 42.8 Å². The molecule has 0 aromatic carbocycles. The average molecular weight is 436 g/mol. The van der Waals surface area contributed by atoms with Crippen molar-refractivity contribution in [3.05, 3.63) is 33.8 Å². The summed E-state index contributed by atoms with van der Waals surface area (Å²) in [6.45, 7) is 4.05. The van der Waals surface area contributed by atoms with E-state index in [-0.39, 0.29) is 11.9 Å². The van der Waals surface area contributed by atoms with Gasteiger partial charge in [0, 0.05) is 37.4 Å². The predicted molar refractivity (Wildman–Crippen MR) is 109 cm³/mol. The molecule has 2 aromatic heterocycles. The third-order valence-corrected chi connectivity index (χ3v) is 5.41. The van der Waals surface area contributed by atoms with Crippen molar-refractivity contribution in [2.75, 3.05) is 24.3 Å². The van der Waals surface area contributed by atoms with E-state index in [2.05, 4.69) is 36.5 Å². The molecule has 2 heterocycles. The number of amides is 1. The minimum Gasteiger partial charge on any atom is -0.444 e. The Morgan fingerprint density at radius 2 is 1.81 bits per heavy atom. The number of halogens is 1. The van der Waals surface area contributed by atoms with E-state index < -0.39 is 0 Å². The van der Waals surface area contributed by atoms with E-state index in [0.29, 0.717) is 22.4 Å². The smallest absolute Gasteiger partial charge is 0.287 e. The van der Waals surface area contributed by atoms with Gasteiger partial charge in [-0.2, -0.15) is 4.98 Å². The molecule has 1 fully saturated rings. The standard InChI is InChI=1S/C19H26BrN5O2/c1-11-12(2)21-19(24-17(11)25(3)4)23-14-7-5-13(6-8-14)22-18(26)15-9-10-16(20)27-15/h9-10,13-14H,5-8H2,1-4H3,(H,22,26)(H,21,23,24)/t13-,14+. The molecule has 1 saturated carbocycles. The van der Waals surface area contributed by atoms with E-state index in [4.69, 9.17) is 4.42 Å². The number of carbonyl (C=O) groups is 1. The summed E-state index contributed by atoms with van der Waals surface area (Å²) in [5, 5.41) is 6.52. The lowest BCUT2D eigenvalue weighted by atomic mass is 9.91. The summed E-state index contributed by atoms with van der Waals surface area (Å²) in [7, 11) is 3.98. The molecule has 0 bridgehead atoms. The van der Waals surface area contributed by atoms with Crippen molar-refractivity contribution >= 4 is 33.6 Å². The second kappa shape index (κ2) is 8.29. The van der Waals surface area contributed by atoms with E-state index in [1.807, 2.05) is 32.8 Å². The van der Waals surface area contributed by atoms with Crippen LogP contribution in [-0.2, 0) is 0 Å². The lowest BCUT2D eigenvalue weighted by molar-refractivity contribution is 0.0897. The van der Waals surface area contributed by atoms with Gasteiger partial charge < -0.3 is 20.0 Å². The zero-order valence-electron chi connectivity index (χ0n) is 16.2. The number of nitrogens with zero attached hydrogens (tertiary/aromatic N) is 3. The van der Waals surface area contributed by atoms with Crippen LogP contribution in [-0.4, -0.2) is 42.1 Å². The Kier molecular flexibility index (Phi) is 6.04. The molecule has 0 saturated heterocycles. The Labute approximate surface area is 168 Å². The van der Waals surface area contributed by atoms with Crippen LogP contribution in [0.4, 0.5) is 11.8 Å². The molecule has 8 heteroatoms. The summed E-state index contributed by atoms with van der Waals surface area (Å²) in [6, 6.07) is 3.87. The van der Waals surface area contributed by atoms with Gasteiger partial charge in [0.1, 0.15) is 5.82 Å². The van der Waals surface area contributed by atoms with Crippen LogP contribution in [0.15, 0.2) is 21.2 Å². The third kappa shape index (κ3) is 4.80. The van der Waals surface area contributed by atoms with Gasteiger partial charge in [-0.25, -0.2) is 4.98 Å². The zero-order chi connectivity index (χ0) is 19.6. The first kappa shape index (κ1) is 19.7. The van der Waals surface area contributed by atoms with Crippen molar-refractivity contribution in [2.45, 2.75) is 51.6 Å². The molecule has 7 nitrogen and oxygen atoms in total. The molecule has 0 spiro atoms. The van der Waals surface area contributed by atoms with Gasteiger partial charge >= 0.3 is 0 Å². The highest BCUT2D eigenvalue weighted by molar-refractivity contribution is 9.10. The number of hydrogen-bond acceptors (Lipinski definition) is 6. The van der Waals surface area contributed by atoms with E-state index in [9.17, 15) is 4.79 Å². The number of nitrogens with one attached hydrogen (secondary N) is 2. The van der Waals surface area contributed by atoms with Gasteiger partial charge in [-0.1, -0.05) is 0 Å². The number of aromatic nitrogens is 2. The molecule has 0 aliphatic heterocycles. The van der Waals surface area contributed by atoms with Crippen LogP contribution in [0.2, 0.25) is 0 Å². The van der Waals surface area contributed by atoms with Crippen LogP contribution in [0.3, 0.4) is 0 Å². The molecular formula is C19H26BrN5O2. The summed E-state index contributed by atoms with van der Waals surface area (Å²) in [5.41, 5.74) is 2.09. The Morgan fingerprint density at radius 1 is 1.15 bits per heavy atom. The van der Waals surface area contributed by atoms with Crippen molar-refractivity contribution in [3.63, 3.8) is 0 Å². The Balaban J connectivity index is 1.54. The first-order valence-corrected chi connectivity index (χ1v) is 9.98. The number of anilines is 2. The second-order valence-corrected chi connectivity index (χ2v) is 8.03. The van der Waals surface area contributed by atoms with Gasteiger partial charge in [0.05, 0.1) is 0 Å². The van der Waals surface area contributed by atoms with Crippen LogP contribution in [0, 0.1) is 13.8 Å². The van der Waals surface area contributed by atoms with Gasteiger partial charge in [0.25, 0.3) is 5.91 Å². The molecule has 3 rings (SSSR count). The van der Waals surface area contributed by atoms with E-state index >= 15 is 0 Å². The average Bonchev–Trinajstić information content (AvgIpc) is 3.06. The van der Waals surface area contributed by atoms with Crippen LogP contribution < -0.4 is 15.5 Å². The topological polar surface area (TPSA) is 83.3 Å². The van der Waals surface area contributed by atoms with Gasteiger partial charge in [-0.15, -0.1) is 0 Å². The normalized spacial score (nSPS) is 19.6. The van der Waals surface area contributed by atoms with Crippen molar-refractivity contribution in [1.29, 1.82) is 0 Å². The highest BCUT2D eigenvalue weighted by Gasteiger charge is 2.24. The lowest BCUT2D eigenvalue weighted by Crippen LogP contribution is -2.40. The Bertz CT molecular complexity index is 812. The van der Waals surface area contributed by atoms with Crippen molar-refractivity contribution < 1.29 is 9.21 Å². The fourth-order valence-corrected chi connectivity index (χ4v) is 3.68. The highest BCUT2D eigenvalue weighted by atomic mass is 79.9. The zero-order valence-corrected chi connectivity index (χ0v) is 17.8.